The Labute approximate surface area is 218 Å². The summed E-state index contributed by atoms with van der Waals surface area (Å²) in [6.45, 7) is -3.77. The van der Waals surface area contributed by atoms with Crippen molar-refractivity contribution in [3.63, 3.8) is 0 Å². The first-order valence-corrected chi connectivity index (χ1v) is 11.9. The first kappa shape index (κ1) is 26.7. The molecule has 4 rings (SSSR count). The summed E-state index contributed by atoms with van der Waals surface area (Å²) in [5, 5.41) is 2.51. The van der Waals surface area contributed by atoms with E-state index in [1.54, 1.807) is 54.6 Å². The zero-order chi connectivity index (χ0) is 26.9. The Bertz CT molecular complexity index is 1240. The molecule has 1 aliphatic rings. The van der Waals surface area contributed by atoms with Crippen LogP contribution in [-0.2, 0) is 25.7 Å². The van der Waals surface area contributed by atoms with E-state index in [1.807, 2.05) is 24.3 Å². The highest BCUT2D eigenvalue weighted by atomic mass is 19.3. The van der Waals surface area contributed by atoms with E-state index in [9.17, 15) is 23.2 Å². The molecule has 2 atom stereocenters. The van der Waals surface area contributed by atoms with Crippen LogP contribution in [0.15, 0.2) is 84.9 Å². The number of halogens is 2. The topological polar surface area (TPSA) is 94.2 Å². The highest BCUT2D eigenvalue weighted by Gasteiger charge is 2.42. The second kappa shape index (κ2) is 12.8. The number of hydrogen-bond acceptors (Lipinski definition) is 6. The molecule has 3 aromatic rings. The van der Waals surface area contributed by atoms with E-state index in [0.29, 0.717) is 11.5 Å². The molecule has 198 valence electrons. The highest BCUT2D eigenvalue weighted by molar-refractivity contribution is 5.97. The molecule has 1 fully saturated rings. The number of amides is 2. The molecule has 38 heavy (non-hydrogen) atoms. The van der Waals surface area contributed by atoms with Crippen LogP contribution in [0, 0.1) is 0 Å². The molecule has 1 N–H and O–H groups in total. The van der Waals surface area contributed by atoms with Gasteiger partial charge in [-0.15, -0.1) is 0 Å². The molecule has 1 aliphatic heterocycles. The number of carbonyl (C=O) groups is 3. The molecular weight excluding hydrogens is 498 g/mol. The molecule has 8 nitrogen and oxygen atoms in total. The lowest BCUT2D eigenvalue weighted by molar-refractivity contribution is -0.160. The lowest BCUT2D eigenvalue weighted by atomic mass is 10.2. The Balaban J connectivity index is 1.36. The standard InChI is InChI=1S/C28H26F2N2O6/c29-28(30)38-23-15-24(27(35)36-18-19-8-3-1-4-9-19)32(17-23)25(33)16-31-26(34)20-10-7-13-22(14-20)37-21-11-5-2-6-12-21/h1-14,23-24,28H,15-18H2,(H,31,34)/t23-,24+/m1/s1. The van der Waals surface area contributed by atoms with Crippen LogP contribution in [0.2, 0.25) is 0 Å². The summed E-state index contributed by atoms with van der Waals surface area (Å²) in [4.78, 5) is 39.5. The number of alkyl halides is 2. The molecule has 0 aliphatic carbocycles. The van der Waals surface area contributed by atoms with Crippen LogP contribution >= 0.6 is 0 Å². The molecule has 10 heteroatoms. The van der Waals surface area contributed by atoms with Gasteiger partial charge in [-0.05, 0) is 35.9 Å². The maximum Gasteiger partial charge on any atom is 0.345 e. The molecule has 0 saturated carbocycles. The van der Waals surface area contributed by atoms with Gasteiger partial charge in [-0.25, -0.2) is 4.79 Å². The second-order valence-corrected chi connectivity index (χ2v) is 8.54. The van der Waals surface area contributed by atoms with Gasteiger partial charge in [0.25, 0.3) is 5.91 Å². The lowest BCUT2D eigenvalue weighted by Gasteiger charge is -2.23. The number of para-hydroxylation sites is 1. The van der Waals surface area contributed by atoms with Gasteiger partial charge in [0.15, 0.2) is 0 Å². The molecule has 2 amide bonds. The van der Waals surface area contributed by atoms with Crippen molar-refractivity contribution >= 4 is 17.8 Å². The highest BCUT2D eigenvalue weighted by Crippen LogP contribution is 2.24. The van der Waals surface area contributed by atoms with E-state index < -0.39 is 43.1 Å². The smallest absolute Gasteiger partial charge is 0.345 e. The average molecular weight is 525 g/mol. The fourth-order valence-corrected chi connectivity index (χ4v) is 4.05. The van der Waals surface area contributed by atoms with Crippen molar-refractivity contribution in [1.82, 2.24) is 10.2 Å². The van der Waals surface area contributed by atoms with Gasteiger partial charge >= 0.3 is 12.6 Å². The quantitative estimate of drug-likeness (QED) is 0.401. The number of rotatable bonds is 10. The number of esters is 1. The van der Waals surface area contributed by atoms with Crippen LogP contribution in [0.4, 0.5) is 8.78 Å². The summed E-state index contributed by atoms with van der Waals surface area (Å²) in [5.74, 6) is -0.876. The SMILES string of the molecule is O=C(NCC(=O)N1C[C@H](OC(F)F)C[C@H]1C(=O)OCc1ccccc1)c1cccc(Oc2ccccc2)c1. The van der Waals surface area contributed by atoms with Crippen molar-refractivity contribution in [2.75, 3.05) is 13.1 Å². The van der Waals surface area contributed by atoms with Crippen molar-refractivity contribution < 1.29 is 37.4 Å². The Morgan fingerprint density at radius 3 is 2.32 bits per heavy atom. The van der Waals surface area contributed by atoms with Gasteiger partial charge < -0.3 is 24.4 Å². The van der Waals surface area contributed by atoms with Crippen molar-refractivity contribution in [1.29, 1.82) is 0 Å². The van der Waals surface area contributed by atoms with Gasteiger partial charge in [0.05, 0.1) is 12.6 Å². The Morgan fingerprint density at radius 1 is 0.921 bits per heavy atom. The Morgan fingerprint density at radius 2 is 1.61 bits per heavy atom. The number of likely N-dealkylation sites (tertiary alicyclic amines) is 1. The molecule has 3 aromatic carbocycles. The number of hydrogen-bond donors (Lipinski definition) is 1. The molecule has 0 spiro atoms. The van der Waals surface area contributed by atoms with Crippen LogP contribution in [0.25, 0.3) is 0 Å². The molecule has 0 unspecified atom stereocenters. The first-order valence-electron chi connectivity index (χ1n) is 11.9. The summed E-state index contributed by atoms with van der Waals surface area (Å²) in [6, 6.07) is 23.2. The summed E-state index contributed by atoms with van der Waals surface area (Å²) in [6.07, 6.45) is -1.19. The fraction of sp³-hybridized carbons (Fsp3) is 0.250. The van der Waals surface area contributed by atoms with Crippen molar-refractivity contribution in [2.45, 2.75) is 31.8 Å². The largest absolute Gasteiger partial charge is 0.459 e. The average Bonchev–Trinajstić information content (AvgIpc) is 3.35. The fourth-order valence-electron chi connectivity index (χ4n) is 4.05. The zero-order valence-electron chi connectivity index (χ0n) is 20.3. The maximum atomic E-state index is 12.9. The normalized spacial score (nSPS) is 16.8. The van der Waals surface area contributed by atoms with E-state index in [-0.39, 0.29) is 25.1 Å². The van der Waals surface area contributed by atoms with Gasteiger partial charge in [-0.3, -0.25) is 9.59 Å². The number of nitrogens with zero attached hydrogens (tertiary/aromatic N) is 1. The zero-order valence-corrected chi connectivity index (χ0v) is 20.3. The summed E-state index contributed by atoms with van der Waals surface area (Å²) >= 11 is 0. The maximum absolute atomic E-state index is 12.9. The minimum Gasteiger partial charge on any atom is -0.459 e. The van der Waals surface area contributed by atoms with Crippen molar-refractivity contribution in [2.24, 2.45) is 0 Å². The summed E-state index contributed by atoms with van der Waals surface area (Å²) in [5.41, 5.74) is 0.994. The van der Waals surface area contributed by atoms with E-state index in [2.05, 4.69) is 10.1 Å². The number of benzene rings is 3. The van der Waals surface area contributed by atoms with E-state index >= 15 is 0 Å². The van der Waals surface area contributed by atoms with Crippen LogP contribution in [-0.4, -0.2) is 54.5 Å². The van der Waals surface area contributed by atoms with Gasteiger partial charge in [0.2, 0.25) is 5.91 Å². The van der Waals surface area contributed by atoms with Crippen LogP contribution in [0.1, 0.15) is 22.3 Å². The minimum absolute atomic E-state index is 0.0310. The third kappa shape index (κ3) is 7.36. The predicted molar refractivity (Wildman–Crippen MR) is 133 cm³/mol. The Kier molecular flexibility index (Phi) is 8.99. The Hall–Kier alpha value is -4.31. The molecule has 0 radical (unpaired) electrons. The first-order chi connectivity index (χ1) is 18.4. The molecule has 0 aromatic heterocycles. The monoisotopic (exact) mass is 524 g/mol. The summed E-state index contributed by atoms with van der Waals surface area (Å²) in [7, 11) is 0. The summed E-state index contributed by atoms with van der Waals surface area (Å²) < 4.78 is 41.2. The minimum atomic E-state index is -3.05. The van der Waals surface area contributed by atoms with Crippen molar-refractivity contribution in [3.8, 4) is 11.5 Å². The molecule has 1 saturated heterocycles. The lowest BCUT2D eigenvalue weighted by Crippen LogP contribution is -2.46. The van der Waals surface area contributed by atoms with E-state index in [4.69, 9.17) is 9.47 Å². The van der Waals surface area contributed by atoms with Crippen LogP contribution in [0.5, 0.6) is 11.5 Å². The van der Waals surface area contributed by atoms with Crippen molar-refractivity contribution in [3.05, 3.63) is 96.1 Å². The predicted octanol–water partition coefficient (Wildman–Crippen LogP) is 4.16. The van der Waals surface area contributed by atoms with Crippen LogP contribution < -0.4 is 10.1 Å². The molecule has 0 bridgehead atoms. The van der Waals surface area contributed by atoms with Gasteiger partial charge in [0, 0.05) is 18.5 Å². The molecule has 1 heterocycles. The molecular formula is C28H26F2N2O6. The van der Waals surface area contributed by atoms with E-state index in [0.717, 1.165) is 10.5 Å². The third-order valence-corrected chi connectivity index (χ3v) is 5.85. The third-order valence-electron chi connectivity index (χ3n) is 5.85. The second-order valence-electron chi connectivity index (χ2n) is 8.54. The number of carbonyl (C=O) groups excluding carboxylic acids is 3. The van der Waals surface area contributed by atoms with Gasteiger partial charge in [-0.2, -0.15) is 8.78 Å². The van der Waals surface area contributed by atoms with Gasteiger partial charge in [-0.1, -0.05) is 54.6 Å². The number of ether oxygens (including phenoxy) is 3. The van der Waals surface area contributed by atoms with E-state index in [1.165, 1.54) is 6.07 Å². The van der Waals surface area contributed by atoms with Crippen LogP contribution in [0.3, 0.4) is 0 Å². The van der Waals surface area contributed by atoms with Gasteiger partial charge in [0.1, 0.15) is 24.1 Å². The number of nitrogens with one attached hydrogen (secondary N) is 1.